The van der Waals surface area contributed by atoms with Crippen LogP contribution in [0.5, 0.6) is 0 Å². The molecular weight excluding hydrogens is 296 g/mol. The van der Waals surface area contributed by atoms with Crippen molar-refractivity contribution in [3.8, 4) is 17.3 Å². The van der Waals surface area contributed by atoms with E-state index in [0.717, 1.165) is 16.5 Å². The van der Waals surface area contributed by atoms with E-state index in [9.17, 15) is 5.26 Å². The van der Waals surface area contributed by atoms with Gasteiger partial charge in [0.05, 0.1) is 5.69 Å². The van der Waals surface area contributed by atoms with Crippen molar-refractivity contribution in [2.75, 3.05) is 0 Å². The largest absolute Gasteiger partial charge is 0.360 e. The van der Waals surface area contributed by atoms with Crippen LogP contribution in [0.1, 0.15) is 11.4 Å². The Hall–Kier alpha value is -2.98. The van der Waals surface area contributed by atoms with Crippen molar-refractivity contribution in [3.05, 3.63) is 46.6 Å². The van der Waals surface area contributed by atoms with Crippen molar-refractivity contribution < 1.29 is 0 Å². The van der Waals surface area contributed by atoms with E-state index in [4.69, 9.17) is 12.2 Å². The number of hydrogen-bond acceptors (Lipinski definition) is 4. The highest BCUT2D eigenvalue weighted by atomic mass is 32.1. The smallest absolute Gasteiger partial charge is 0.207 e. The van der Waals surface area contributed by atoms with Crippen molar-refractivity contribution in [2.24, 2.45) is 0 Å². The number of nitriles is 1. The molecule has 4 rings (SSSR count). The highest BCUT2D eigenvalue weighted by Crippen LogP contribution is 2.30. The summed E-state index contributed by atoms with van der Waals surface area (Å²) in [5.41, 5.74) is 3.41. The number of aromatic amines is 2. The van der Waals surface area contributed by atoms with Crippen LogP contribution in [0.15, 0.2) is 30.5 Å². The Morgan fingerprint density at radius 2 is 2.14 bits per heavy atom. The maximum absolute atomic E-state index is 9.59. The van der Waals surface area contributed by atoms with Gasteiger partial charge in [-0.25, -0.2) is 4.98 Å². The topological polar surface area (TPSA) is 85.6 Å². The fourth-order valence-corrected chi connectivity index (χ4v) is 2.99. The van der Waals surface area contributed by atoms with E-state index in [1.165, 1.54) is 0 Å². The number of hydrogen-bond donors (Lipinski definition) is 2. The Morgan fingerprint density at radius 1 is 1.32 bits per heavy atom. The molecule has 0 aliphatic heterocycles. The lowest BCUT2D eigenvalue weighted by Crippen LogP contribution is -2.00. The molecule has 22 heavy (non-hydrogen) atoms. The Kier molecular flexibility index (Phi) is 2.61. The van der Waals surface area contributed by atoms with Gasteiger partial charge in [-0.1, -0.05) is 18.2 Å². The van der Waals surface area contributed by atoms with Crippen LogP contribution in [-0.2, 0) is 0 Å². The number of rotatable bonds is 1. The summed E-state index contributed by atoms with van der Waals surface area (Å²) in [6, 6.07) is 10.1. The summed E-state index contributed by atoms with van der Waals surface area (Å²) in [5.74, 6) is 0.675. The van der Waals surface area contributed by atoms with E-state index in [1.807, 2.05) is 37.4 Å². The van der Waals surface area contributed by atoms with Crippen molar-refractivity contribution in [1.29, 1.82) is 5.26 Å². The van der Waals surface area contributed by atoms with Crippen molar-refractivity contribution in [3.63, 3.8) is 0 Å². The van der Waals surface area contributed by atoms with Gasteiger partial charge in [-0.2, -0.15) is 10.4 Å². The first-order valence-corrected chi connectivity index (χ1v) is 7.06. The molecule has 0 aliphatic carbocycles. The Bertz CT molecular complexity index is 1120. The zero-order valence-corrected chi connectivity index (χ0v) is 12.4. The minimum absolute atomic E-state index is 0.375. The lowest BCUT2D eigenvalue weighted by Gasteiger charge is -2.04. The molecule has 0 spiro atoms. The van der Waals surface area contributed by atoms with Crippen molar-refractivity contribution in [2.45, 2.75) is 6.92 Å². The summed E-state index contributed by atoms with van der Waals surface area (Å²) < 4.78 is 2.05. The predicted octanol–water partition coefficient (Wildman–Crippen LogP) is 3.12. The summed E-state index contributed by atoms with van der Waals surface area (Å²) in [7, 11) is 0. The molecule has 0 aliphatic rings. The molecule has 0 amide bonds. The third-order valence-corrected chi connectivity index (χ3v) is 3.97. The summed E-state index contributed by atoms with van der Waals surface area (Å²) in [5, 5.41) is 17.6. The van der Waals surface area contributed by atoms with Gasteiger partial charge in [-0.15, -0.1) is 0 Å². The molecule has 3 heterocycles. The molecule has 3 aromatic heterocycles. The molecule has 0 atom stereocenters. The zero-order valence-electron chi connectivity index (χ0n) is 11.6. The van der Waals surface area contributed by atoms with Crippen LogP contribution in [0.3, 0.4) is 0 Å². The second-order valence-corrected chi connectivity index (χ2v) is 5.30. The Balaban J connectivity index is 2.16. The van der Waals surface area contributed by atoms with E-state index in [-0.39, 0.29) is 0 Å². The van der Waals surface area contributed by atoms with Gasteiger partial charge in [0.1, 0.15) is 17.5 Å². The molecule has 0 unspecified atom stereocenters. The predicted molar refractivity (Wildman–Crippen MR) is 84.9 cm³/mol. The fourth-order valence-electron chi connectivity index (χ4n) is 2.68. The lowest BCUT2D eigenvalue weighted by atomic mass is 10.1. The molecule has 0 fully saturated rings. The van der Waals surface area contributed by atoms with E-state index in [1.54, 1.807) is 4.40 Å². The Morgan fingerprint density at radius 3 is 2.95 bits per heavy atom. The van der Waals surface area contributed by atoms with E-state index in [2.05, 4.69) is 26.2 Å². The van der Waals surface area contributed by atoms with Gasteiger partial charge in [0.25, 0.3) is 0 Å². The second-order valence-electron chi connectivity index (χ2n) is 4.93. The van der Waals surface area contributed by atoms with Crippen molar-refractivity contribution >= 4 is 28.8 Å². The van der Waals surface area contributed by atoms with E-state index >= 15 is 0 Å². The molecular formula is C15H10N6S. The zero-order chi connectivity index (χ0) is 15.3. The first kappa shape index (κ1) is 12.7. The first-order chi connectivity index (χ1) is 10.7. The Labute approximate surface area is 130 Å². The van der Waals surface area contributed by atoms with E-state index in [0.29, 0.717) is 27.5 Å². The number of para-hydroxylation sites is 1. The molecule has 4 aromatic rings. The van der Waals surface area contributed by atoms with Gasteiger partial charge in [0.15, 0.2) is 5.65 Å². The summed E-state index contributed by atoms with van der Waals surface area (Å²) in [6.45, 7) is 1.81. The highest BCUT2D eigenvalue weighted by Gasteiger charge is 2.17. The minimum atomic E-state index is 0.375. The highest BCUT2D eigenvalue weighted by molar-refractivity contribution is 7.71. The summed E-state index contributed by atoms with van der Waals surface area (Å²) in [4.78, 5) is 7.67. The number of aryl methyl sites for hydroxylation is 1. The summed E-state index contributed by atoms with van der Waals surface area (Å²) >= 11 is 5.36. The van der Waals surface area contributed by atoms with Crippen LogP contribution in [0.4, 0.5) is 0 Å². The number of nitrogens with one attached hydrogen (secondary N) is 2. The maximum Gasteiger partial charge on any atom is 0.207 e. The van der Waals surface area contributed by atoms with Gasteiger partial charge in [0, 0.05) is 22.7 Å². The van der Waals surface area contributed by atoms with Crippen LogP contribution in [0.2, 0.25) is 0 Å². The van der Waals surface area contributed by atoms with Gasteiger partial charge >= 0.3 is 0 Å². The molecule has 0 saturated heterocycles. The number of fused-ring (bicyclic) bond motifs is 2. The average molecular weight is 306 g/mol. The molecule has 0 saturated carbocycles. The third-order valence-electron chi connectivity index (χ3n) is 3.70. The third kappa shape index (κ3) is 1.61. The SMILES string of the molecule is Cc1n[nH]c2c(C#N)c(-c3c[nH]c4ccccc34)nc(=S)n12. The number of nitrogens with zero attached hydrogens (tertiary/aromatic N) is 4. The number of benzene rings is 1. The van der Waals surface area contributed by atoms with Crippen LogP contribution < -0.4 is 0 Å². The molecule has 2 N–H and O–H groups in total. The molecule has 0 bridgehead atoms. The first-order valence-electron chi connectivity index (χ1n) is 6.65. The fraction of sp³-hybridized carbons (Fsp3) is 0.0667. The van der Waals surface area contributed by atoms with Gasteiger partial charge in [-0.3, -0.25) is 9.50 Å². The number of H-pyrrole nitrogens is 2. The van der Waals surface area contributed by atoms with Crippen LogP contribution in [0, 0.1) is 23.0 Å². The molecule has 7 heteroatoms. The van der Waals surface area contributed by atoms with Gasteiger partial charge < -0.3 is 4.98 Å². The minimum Gasteiger partial charge on any atom is -0.360 e. The monoisotopic (exact) mass is 306 g/mol. The molecule has 6 nitrogen and oxygen atoms in total. The van der Waals surface area contributed by atoms with Gasteiger partial charge in [-0.05, 0) is 25.2 Å². The van der Waals surface area contributed by atoms with Crippen molar-refractivity contribution in [1.82, 2.24) is 24.6 Å². The van der Waals surface area contributed by atoms with Crippen LogP contribution in [-0.4, -0.2) is 24.6 Å². The molecule has 1 aromatic carbocycles. The maximum atomic E-state index is 9.59. The average Bonchev–Trinajstić information content (AvgIpc) is 3.11. The standard InChI is InChI=1S/C15H10N6S/c1-8-19-20-14-10(6-16)13(18-15(22)21(8)14)11-7-17-12-5-3-2-4-9(11)12/h2-5,7,17,20H,1H3. The summed E-state index contributed by atoms with van der Waals surface area (Å²) in [6.07, 6.45) is 1.85. The van der Waals surface area contributed by atoms with Crippen LogP contribution >= 0.6 is 12.2 Å². The lowest BCUT2D eigenvalue weighted by molar-refractivity contribution is 0.968. The second kappa shape index (κ2) is 4.51. The quantitative estimate of drug-likeness (QED) is 0.529. The molecule has 0 radical (unpaired) electrons. The number of aromatic nitrogens is 5. The van der Waals surface area contributed by atoms with E-state index < -0.39 is 0 Å². The van der Waals surface area contributed by atoms with Gasteiger partial charge in [0.2, 0.25) is 4.77 Å². The van der Waals surface area contributed by atoms with Crippen LogP contribution in [0.25, 0.3) is 27.8 Å². The normalized spacial score (nSPS) is 11.1. The molecule has 106 valence electrons.